The third kappa shape index (κ3) is 3.98. The molecule has 0 bridgehead atoms. The molecule has 3 rings (SSSR count). The molecule has 0 unspecified atom stereocenters. The standard InChI is InChI=1S/C18H22N2O4S2/c1-14-3-8-17(25-14)26(22,23)20-11-9-19(10-12-20)18(21)16-6-4-15(5-7-16)13-24-2/h3-8H,9-13H2,1-2H3. The summed E-state index contributed by atoms with van der Waals surface area (Å²) in [6.07, 6.45) is 0. The molecule has 1 aromatic heterocycles. The Labute approximate surface area is 158 Å². The monoisotopic (exact) mass is 394 g/mol. The van der Waals surface area contributed by atoms with Gasteiger partial charge in [0.15, 0.2) is 0 Å². The van der Waals surface area contributed by atoms with E-state index < -0.39 is 10.0 Å². The molecule has 1 fully saturated rings. The Morgan fingerprint density at radius 1 is 1.08 bits per heavy atom. The molecule has 140 valence electrons. The van der Waals surface area contributed by atoms with Crippen LogP contribution in [0.1, 0.15) is 20.8 Å². The zero-order valence-electron chi connectivity index (χ0n) is 14.8. The number of hydrogen-bond acceptors (Lipinski definition) is 5. The lowest BCUT2D eigenvalue weighted by Gasteiger charge is -2.33. The van der Waals surface area contributed by atoms with Gasteiger partial charge in [0.2, 0.25) is 0 Å². The molecule has 1 aliphatic heterocycles. The van der Waals surface area contributed by atoms with Crippen LogP contribution in [0.25, 0.3) is 0 Å². The summed E-state index contributed by atoms with van der Waals surface area (Å²) in [5.74, 6) is -0.0713. The number of carbonyl (C=O) groups is 1. The minimum atomic E-state index is -3.47. The van der Waals surface area contributed by atoms with Gasteiger partial charge in [-0.2, -0.15) is 4.31 Å². The Balaban J connectivity index is 1.63. The minimum Gasteiger partial charge on any atom is -0.380 e. The van der Waals surface area contributed by atoms with Crippen LogP contribution in [-0.4, -0.2) is 56.8 Å². The molecule has 26 heavy (non-hydrogen) atoms. The highest BCUT2D eigenvalue weighted by Crippen LogP contribution is 2.25. The first kappa shape index (κ1) is 19.0. The van der Waals surface area contributed by atoms with E-state index >= 15 is 0 Å². The summed E-state index contributed by atoms with van der Waals surface area (Å²) in [7, 11) is -1.84. The van der Waals surface area contributed by atoms with Gasteiger partial charge < -0.3 is 9.64 Å². The average molecular weight is 395 g/mol. The fourth-order valence-electron chi connectivity index (χ4n) is 2.90. The maximum Gasteiger partial charge on any atom is 0.253 e. The van der Waals surface area contributed by atoms with Gasteiger partial charge in [0.1, 0.15) is 4.21 Å². The summed E-state index contributed by atoms with van der Waals surface area (Å²) in [5, 5.41) is 0. The predicted octanol–water partition coefficient (Wildman–Crippen LogP) is 2.35. The molecule has 2 aromatic rings. The predicted molar refractivity (Wildman–Crippen MR) is 101 cm³/mol. The average Bonchev–Trinajstić information content (AvgIpc) is 3.09. The highest BCUT2D eigenvalue weighted by Gasteiger charge is 2.31. The molecule has 2 heterocycles. The van der Waals surface area contributed by atoms with Crippen LogP contribution in [0, 0.1) is 6.92 Å². The van der Waals surface area contributed by atoms with Crippen LogP contribution in [-0.2, 0) is 21.4 Å². The molecule has 1 aromatic carbocycles. The SMILES string of the molecule is COCc1ccc(C(=O)N2CCN(S(=O)(=O)c3ccc(C)s3)CC2)cc1. The van der Waals surface area contributed by atoms with E-state index in [1.165, 1.54) is 15.6 Å². The first-order valence-corrected chi connectivity index (χ1v) is 10.6. The quantitative estimate of drug-likeness (QED) is 0.781. The van der Waals surface area contributed by atoms with E-state index in [0.717, 1.165) is 10.4 Å². The second kappa shape index (κ2) is 7.87. The van der Waals surface area contributed by atoms with Crippen molar-refractivity contribution in [3.05, 3.63) is 52.4 Å². The fourth-order valence-corrected chi connectivity index (χ4v) is 5.76. The molecule has 1 aliphatic rings. The van der Waals surface area contributed by atoms with Gasteiger partial charge in [-0.3, -0.25) is 4.79 Å². The topological polar surface area (TPSA) is 66.9 Å². The smallest absolute Gasteiger partial charge is 0.253 e. The molecule has 0 spiro atoms. The van der Waals surface area contributed by atoms with E-state index in [2.05, 4.69) is 0 Å². The van der Waals surface area contributed by atoms with Crippen molar-refractivity contribution in [1.29, 1.82) is 0 Å². The number of thiophene rings is 1. The highest BCUT2D eigenvalue weighted by molar-refractivity contribution is 7.91. The number of aryl methyl sites for hydroxylation is 1. The van der Waals surface area contributed by atoms with Gasteiger partial charge >= 0.3 is 0 Å². The maximum absolute atomic E-state index is 12.7. The molecule has 8 heteroatoms. The Bertz CT molecular complexity index is 867. The zero-order chi connectivity index (χ0) is 18.7. The summed E-state index contributed by atoms with van der Waals surface area (Å²) in [6, 6.07) is 10.8. The summed E-state index contributed by atoms with van der Waals surface area (Å²) < 4.78 is 32.2. The number of carbonyl (C=O) groups excluding carboxylic acids is 1. The first-order valence-electron chi connectivity index (χ1n) is 8.35. The van der Waals surface area contributed by atoms with Gasteiger partial charge in [0, 0.05) is 43.7 Å². The van der Waals surface area contributed by atoms with Gasteiger partial charge in [-0.05, 0) is 36.8 Å². The van der Waals surface area contributed by atoms with E-state index in [9.17, 15) is 13.2 Å². The Hall–Kier alpha value is -1.74. The van der Waals surface area contributed by atoms with E-state index in [-0.39, 0.29) is 5.91 Å². The Kier molecular flexibility index (Phi) is 5.76. The van der Waals surface area contributed by atoms with Crippen molar-refractivity contribution in [3.8, 4) is 0 Å². The van der Waals surface area contributed by atoms with Crippen molar-refractivity contribution in [2.75, 3.05) is 33.3 Å². The van der Waals surface area contributed by atoms with Crippen LogP contribution in [0.3, 0.4) is 0 Å². The molecule has 0 N–H and O–H groups in total. The molecule has 1 saturated heterocycles. The third-order valence-corrected chi connectivity index (χ3v) is 7.71. The van der Waals surface area contributed by atoms with Gasteiger partial charge in [-0.15, -0.1) is 11.3 Å². The Morgan fingerprint density at radius 2 is 1.73 bits per heavy atom. The number of sulfonamides is 1. The van der Waals surface area contributed by atoms with Crippen molar-refractivity contribution >= 4 is 27.3 Å². The molecule has 0 aliphatic carbocycles. The molecule has 6 nitrogen and oxygen atoms in total. The van der Waals surface area contributed by atoms with Crippen molar-refractivity contribution in [2.45, 2.75) is 17.7 Å². The Morgan fingerprint density at radius 3 is 2.27 bits per heavy atom. The van der Waals surface area contributed by atoms with Crippen molar-refractivity contribution in [3.63, 3.8) is 0 Å². The molecule has 0 radical (unpaired) electrons. The second-order valence-corrected chi connectivity index (χ2v) is 9.64. The summed E-state index contributed by atoms with van der Waals surface area (Å²) in [5.41, 5.74) is 1.61. The number of nitrogens with zero attached hydrogens (tertiary/aromatic N) is 2. The number of benzene rings is 1. The van der Waals surface area contributed by atoms with Crippen LogP contribution >= 0.6 is 11.3 Å². The lowest BCUT2D eigenvalue weighted by Crippen LogP contribution is -2.50. The normalized spacial score (nSPS) is 16.0. The third-order valence-electron chi connectivity index (χ3n) is 4.35. The summed E-state index contributed by atoms with van der Waals surface area (Å²) >= 11 is 1.28. The van der Waals surface area contributed by atoms with Crippen molar-refractivity contribution in [1.82, 2.24) is 9.21 Å². The van der Waals surface area contributed by atoms with Crippen LogP contribution in [0.2, 0.25) is 0 Å². The number of amides is 1. The number of methoxy groups -OCH3 is 1. The zero-order valence-corrected chi connectivity index (χ0v) is 16.5. The summed E-state index contributed by atoms with van der Waals surface area (Å²) in [6.45, 7) is 3.80. The van der Waals surface area contributed by atoms with Crippen molar-refractivity contribution in [2.24, 2.45) is 0 Å². The first-order chi connectivity index (χ1) is 12.4. The van der Waals surface area contributed by atoms with E-state index in [0.29, 0.717) is 42.6 Å². The van der Waals surface area contributed by atoms with E-state index in [4.69, 9.17) is 4.74 Å². The van der Waals surface area contributed by atoms with Crippen LogP contribution < -0.4 is 0 Å². The van der Waals surface area contributed by atoms with Gasteiger partial charge in [0.05, 0.1) is 6.61 Å². The molecule has 1 amide bonds. The lowest BCUT2D eigenvalue weighted by molar-refractivity contribution is 0.0698. The van der Waals surface area contributed by atoms with Gasteiger partial charge in [-0.1, -0.05) is 12.1 Å². The number of piperazine rings is 1. The minimum absolute atomic E-state index is 0.0713. The van der Waals surface area contributed by atoms with E-state index in [1.807, 2.05) is 25.1 Å². The highest BCUT2D eigenvalue weighted by atomic mass is 32.2. The number of ether oxygens (including phenoxy) is 1. The van der Waals surface area contributed by atoms with E-state index in [1.54, 1.807) is 30.2 Å². The number of hydrogen-bond donors (Lipinski definition) is 0. The van der Waals surface area contributed by atoms with Gasteiger partial charge in [0.25, 0.3) is 15.9 Å². The van der Waals surface area contributed by atoms with Gasteiger partial charge in [-0.25, -0.2) is 8.42 Å². The van der Waals surface area contributed by atoms with Crippen LogP contribution in [0.4, 0.5) is 0 Å². The largest absolute Gasteiger partial charge is 0.380 e. The molecule has 0 saturated carbocycles. The summed E-state index contributed by atoms with van der Waals surface area (Å²) in [4.78, 5) is 15.3. The number of rotatable bonds is 5. The molecular formula is C18H22N2O4S2. The van der Waals surface area contributed by atoms with Crippen LogP contribution in [0.15, 0.2) is 40.6 Å². The second-order valence-electron chi connectivity index (χ2n) is 6.19. The maximum atomic E-state index is 12.7. The molecule has 0 atom stereocenters. The molecular weight excluding hydrogens is 372 g/mol. The van der Waals surface area contributed by atoms with Crippen LogP contribution in [0.5, 0.6) is 0 Å². The lowest BCUT2D eigenvalue weighted by atomic mass is 10.1. The fraction of sp³-hybridized carbons (Fsp3) is 0.389. The van der Waals surface area contributed by atoms with Crippen molar-refractivity contribution < 1.29 is 17.9 Å².